The van der Waals surface area contributed by atoms with Crippen LogP contribution in [0.2, 0.25) is 0 Å². The molecule has 1 aromatic heterocycles. The van der Waals surface area contributed by atoms with Crippen molar-refractivity contribution in [2.45, 2.75) is 6.42 Å². The maximum Gasteiger partial charge on any atom is 0.326 e. The summed E-state index contributed by atoms with van der Waals surface area (Å²) in [4.78, 5) is 43.2. The third kappa shape index (κ3) is 4.05. The standard InChI is InChI=1S/C14H22N4O4/c1-17(2)5-9-3-10(8-19)7-18(6-9)13(21)11-4-12(20)16-14(22)15-11/h4,9-10,19H,3,5-8H2,1-2H3,(H2,15,16,20,22)/t9-,10+/m0/s1. The summed E-state index contributed by atoms with van der Waals surface area (Å²) in [6, 6.07) is 1.09. The van der Waals surface area contributed by atoms with Crippen LogP contribution in [0.15, 0.2) is 15.7 Å². The number of hydrogen-bond donors (Lipinski definition) is 3. The summed E-state index contributed by atoms with van der Waals surface area (Å²) in [5.41, 5.74) is -1.32. The van der Waals surface area contributed by atoms with Gasteiger partial charge in [0.1, 0.15) is 5.69 Å². The molecular weight excluding hydrogens is 288 g/mol. The Bertz CT molecular complexity index is 608. The summed E-state index contributed by atoms with van der Waals surface area (Å²) in [6.07, 6.45) is 0.852. The fourth-order valence-electron chi connectivity index (χ4n) is 3.02. The van der Waals surface area contributed by atoms with Gasteiger partial charge in [0, 0.05) is 32.3 Å². The number of carbonyl (C=O) groups excluding carboxylic acids is 1. The van der Waals surface area contributed by atoms with Crippen molar-refractivity contribution >= 4 is 5.91 Å². The van der Waals surface area contributed by atoms with Gasteiger partial charge in [-0.25, -0.2) is 4.79 Å². The molecule has 0 aliphatic carbocycles. The minimum atomic E-state index is -0.698. The summed E-state index contributed by atoms with van der Waals surface area (Å²) in [7, 11) is 3.92. The maximum atomic E-state index is 12.5. The lowest BCUT2D eigenvalue weighted by Gasteiger charge is -2.38. The lowest BCUT2D eigenvalue weighted by atomic mass is 9.89. The van der Waals surface area contributed by atoms with Crippen molar-refractivity contribution < 1.29 is 9.90 Å². The van der Waals surface area contributed by atoms with E-state index in [1.165, 1.54) is 0 Å². The molecule has 0 saturated carbocycles. The van der Waals surface area contributed by atoms with Gasteiger partial charge < -0.3 is 19.9 Å². The molecule has 1 fully saturated rings. The lowest BCUT2D eigenvalue weighted by molar-refractivity contribution is 0.0472. The first kappa shape index (κ1) is 16.4. The molecule has 22 heavy (non-hydrogen) atoms. The minimum absolute atomic E-state index is 0.0105. The molecule has 0 spiro atoms. The molecule has 2 heterocycles. The highest BCUT2D eigenvalue weighted by Crippen LogP contribution is 2.23. The molecule has 122 valence electrons. The molecule has 0 bridgehead atoms. The van der Waals surface area contributed by atoms with Crippen molar-refractivity contribution in [3.63, 3.8) is 0 Å². The molecule has 1 aromatic rings. The van der Waals surface area contributed by atoms with Crippen LogP contribution in [0.1, 0.15) is 16.9 Å². The Morgan fingerprint density at radius 3 is 2.59 bits per heavy atom. The van der Waals surface area contributed by atoms with Crippen LogP contribution in [0.25, 0.3) is 0 Å². The minimum Gasteiger partial charge on any atom is -0.396 e. The molecule has 2 rings (SSSR count). The number of likely N-dealkylation sites (tertiary alicyclic amines) is 1. The van der Waals surface area contributed by atoms with E-state index in [1.807, 2.05) is 24.0 Å². The zero-order valence-corrected chi connectivity index (χ0v) is 12.8. The van der Waals surface area contributed by atoms with E-state index < -0.39 is 11.2 Å². The molecule has 1 aliphatic heterocycles. The summed E-state index contributed by atoms with van der Waals surface area (Å²) in [5, 5.41) is 9.44. The van der Waals surface area contributed by atoms with Crippen LogP contribution in [-0.4, -0.2) is 71.1 Å². The van der Waals surface area contributed by atoms with Crippen molar-refractivity contribution in [2.24, 2.45) is 11.8 Å². The number of aromatic nitrogens is 2. The Kier molecular flexibility index (Phi) is 5.15. The van der Waals surface area contributed by atoms with Crippen LogP contribution in [0.3, 0.4) is 0 Å². The highest BCUT2D eigenvalue weighted by molar-refractivity contribution is 5.92. The third-order valence-corrected chi connectivity index (χ3v) is 3.78. The number of aromatic amines is 2. The number of nitrogens with one attached hydrogen (secondary N) is 2. The predicted octanol–water partition coefficient (Wildman–Crippen LogP) is -1.30. The fourth-order valence-corrected chi connectivity index (χ4v) is 3.02. The third-order valence-electron chi connectivity index (χ3n) is 3.78. The van der Waals surface area contributed by atoms with Gasteiger partial charge in [-0.3, -0.25) is 14.6 Å². The van der Waals surface area contributed by atoms with Gasteiger partial charge >= 0.3 is 5.69 Å². The number of rotatable bonds is 4. The average molecular weight is 310 g/mol. The van der Waals surface area contributed by atoms with E-state index in [1.54, 1.807) is 4.90 Å². The molecule has 0 radical (unpaired) electrons. The first-order valence-corrected chi connectivity index (χ1v) is 7.27. The second-order valence-electron chi connectivity index (χ2n) is 6.12. The van der Waals surface area contributed by atoms with Crippen LogP contribution in [0, 0.1) is 11.8 Å². The van der Waals surface area contributed by atoms with Gasteiger partial charge in [-0.2, -0.15) is 0 Å². The number of hydrogen-bond acceptors (Lipinski definition) is 5. The molecule has 0 unspecified atom stereocenters. The molecule has 1 saturated heterocycles. The van der Waals surface area contributed by atoms with Crippen molar-refractivity contribution in [3.05, 3.63) is 32.6 Å². The van der Waals surface area contributed by atoms with Crippen molar-refractivity contribution in [1.29, 1.82) is 0 Å². The van der Waals surface area contributed by atoms with Gasteiger partial charge in [-0.05, 0) is 32.4 Å². The van der Waals surface area contributed by atoms with E-state index in [2.05, 4.69) is 4.98 Å². The number of aliphatic hydroxyl groups excluding tert-OH is 1. The monoisotopic (exact) mass is 310 g/mol. The largest absolute Gasteiger partial charge is 0.396 e. The van der Waals surface area contributed by atoms with E-state index in [9.17, 15) is 19.5 Å². The fraction of sp³-hybridized carbons (Fsp3) is 0.643. The Balaban J connectivity index is 2.19. The molecule has 8 nitrogen and oxygen atoms in total. The van der Waals surface area contributed by atoms with Crippen LogP contribution in [-0.2, 0) is 0 Å². The highest BCUT2D eigenvalue weighted by Gasteiger charge is 2.30. The number of aliphatic hydroxyl groups is 1. The van der Waals surface area contributed by atoms with E-state index >= 15 is 0 Å². The van der Waals surface area contributed by atoms with Gasteiger partial charge in [0.2, 0.25) is 0 Å². The Morgan fingerprint density at radius 2 is 2.00 bits per heavy atom. The van der Waals surface area contributed by atoms with Crippen LogP contribution in [0.5, 0.6) is 0 Å². The predicted molar refractivity (Wildman–Crippen MR) is 80.8 cm³/mol. The van der Waals surface area contributed by atoms with Gasteiger partial charge in [0.25, 0.3) is 11.5 Å². The zero-order chi connectivity index (χ0) is 16.3. The molecular formula is C14H22N4O4. The average Bonchev–Trinajstić information content (AvgIpc) is 2.44. The van der Waals surface area contributed by atoms with Crippen molar-refractivity contribution in [2.75, 3.05) is 40.3 Å². The topological polar surface area (TPSA) is 110 Å². The van der Waals surface area contributed by atoms with Gasteiger partial charge in [0.05, 0.1) is 0 Å². The van der Waals surface area contributed by atoms with Gasteiger partial charge in [-0.1, -0.05) is 0 Å². The first-order chi connectivity index (χ1) is 10.4. The molecule has 3 N–H and O–H groups in total. The van der Waals surface area contributed by atoms with E-state index in [-0.39, 0.29) is 30.0 Å². The van der Waals surface area contributed by atoms with Gasteiger partial charge in [0.15, 0.2) is 0 Å². The van der Waals surface area contributed by atoms with Crippen LogP contribution < -0.4 is 11.2 Å². The summed E-state index contributed by atoms with van der Waals surface area (Å²) >= 11 is 0. The Hall–Kier alpha value is -1.93. The number of amides is 1. The Morgan fingerprint density at radius 1 is 1.32 bits per heavy atom. The number of H-pyrrole nitrogens is 2. The molecule has 0 aromatic carbocycles. The SMILES string of the molecule is CN(C)C[C@@H]1C[C@@H](CO)CN(C(=O)c2cc(=O)[nH]c(=O)[nH]2)C1. The summed E-state index contributed by atoms with van der Waals surface area (Å²) in [5.74, 6) is -0.125. The smallest absolute Gasteiger partial charge is 0.326 e. The van der Waals surface area contributed by atoms with E-state index in [0.29, 0.717) is 13.1 Å². The maximum absolute atomic E-state index is 12.5. The zero-order valence-electron chi connectivity index (χ0n) is 12.8. The van der Waals surface area contributed by atoms with Crippen LogP contribution >= 0.6 is 0 Å². The van der Waals surface area contributed by atoms with Gasteiger partial charge in [-0.15, -0.1) is 0 Å². The Labute approximate surface area is 127 Å². The normalized spacial score (nSPS) is 22.1. The van der Waals surface area contributed by atoms with Crippen molar-refractivity contribution in [3.8, 4) is 0 Å². The quantitative estimate of drug-likeness (QED) is 0.640. The molecule has 1 aliphatic rings. The first-order valence-electron chi connectivity index (χ1n) is 7.27. The molecule has 1 amide bonds. The number of nitrogens with zero attached hydrogens (tertiary/aromatic N) is 2. The second kappa shape index (κ2) is 6.89. The number of carbonyl (C=O) groups is 1. The summed E-state index contributed by atoms with van der Waals surface area (Å²) in [6.45, 7) is 1.79. The number of piperidine rings is 1. The highest BCUT2D eigenvalue weighted by atomic mass is 16.3. The second-order valence-corrected chi connectivity index (χ2v) is 6.12. The molecule has 8 heteroatoms. The van der Waals surface area contributed by atoms with E-state index in [0.717, 1.165) is 19.0 Å². The van der Waals surface area contributed by atoms with E-state index in [4.69, 9.17) is 0 Å². The van der Waals surface area contributed by atoms with Crippen molar-refractivity contribution in [1.82, 2.24) is 19.8 Å². The summed E-state index contributed by atoms with van der Waals surface area (Å²) < 4.78 is 0. The lowest BCUT2D eigenvalue weighted by Crippen LogP contribution is -2.48. The molecule has 2 atom stereocenters. The van der Waals surface area contributed by atoms with Crippen LogP contribution in [0.4, 0.5) is 0 Å².